The van der Waals surface area contributed by atoms with E-state index in [1.807, 2.05) is 36.8 Å². The number of aromatic nitrogens is 2. The molecular formula is C8H14BrIN4. The maximum absolute atomic E-state index is 4.37. The summed E-state index contributed by atoms with van der Waals surface area (Å²) in [5, 5.41) is 0. The third-order valence-electron chi connectivity index (χ3n) is 1.67. The maximum Gasteiger partial charge on any atom is 0.226 e. The van der Waals surface area contributed by atoms with Crippen LogP contribution in [0.15, 0.2) is 15.7 Å². The smallest absolute Gasteiger partial charge is 0.226 e. The van der Waals surface area contributed by atoms with E-state index in [-0.39, 0.29) is 24.0 Å². The standard InChI is InChI=1S/C8H13BrN4.HI/c1-10-8-11-7(12(2)3)6(9)5-13(8)4;/h5H,1-4H3;1H. The van der Waals surface area contributed by atoms with Crippen LogP contribution in [0.4, 0.5) is 5.82 Å². The highest BCUT2D eigenvalue weighted by Crippen LogP contribution is 2.18. The van der Waals surface area contributed by atoms with E-state index in [9.17, 15) is 0 Å². The molecule has 0 bridgehead atoms. The Balaban J connectivity index is 0.00000169. The Hall–Kier alpha value is -0.110. The van der Waals surface area contributed by atoms with Crippen LogP contribution in [0.1, 0.15) is 0 Å². The summed E-state index contributed by atoms with van der Waals surface area (Å²) in [4.78, 5) is 10.4. The molecule has 0 amide bonds. The van der Waals surface area contributed by atoms with Gasteiger partial charge in [0.2, 0.25) is 5.62 Å². The molecule has 1 aromatic rings. The van der Waals surface area contributed by atoms with Gasteiger partial charge < -0.3 is 9.47 Å². The number of anilines is 1. The summed E-state index contributed by atoms with van der Waals surface area (Å²) in [5.74, 6) is 0.888. The Kier molecular flexibility index (Phi) is 5.65. The summed E-state index contributed by atoms with van der Waals surface area (Å²) in [6, 6.07) is 0. The zero-order chi connectivity index (χ0) is 10.0. The van der Waals surface area contributed by atoms with E-state index in [4.69, 9.17) is 0 Å². The second-order valence-electron chi connectivity index (χ2n) is 2.94. The van der Waals surface area contributed by atoms with Crippen LogP contribution in [-0.2, 0) is 7.05 Å². The zero-order valence-corrected chi connectivity index (χ0v) is 12.6. The van der Waals surface area contributed by atoms with E-state index in [0.717, 1.165) is 10.3 Å². The average molecular weight is 373 g/mol. The monoisotopic (exact) mass is 372 g/mol. The molecule has 1 aromatic heterocycles. The highest BCUT2D eigenvalue weighted by Gasteiger charge is 2.04. The number of nitrogens with zero attached hydrogens (tertiary/aromatic N) is 4. The summed E-state index contributed by atoms with van der Waals surface area (Å²) in [5.41, 5.74) is 0.715. The fourth-order valence-electron chi connectivity index (χ4n) is 1.03. The highest BCUT2D eigenvalue weighted by molar-refractivity contribution is 14.0. The second kappa shape index (κ2) is 5.69. The summed E-state index contributed by atoms with van der Waals surface area (Å²) in [7, 11) is 7.55. The molecule has 0 saturated carbocycles. The minimum atomic E-state index is 0. The van der Waals surface area contributed by atoms with Crippen LogP contribution in [0.5, 0.6) is 0 Å². The molecule has 0 aliphatic carbocycles. The Bertz CT molecular complexity index is 372. The molecular weight excluding hydrogens is 359 g/mol. The van der Waals surface area contributed by atoms with Gasteiger partial charge in [-0.05, 0) is 15.9 Å². The molecule has 0 aliphatic rings. The van der Waals surface area contributed by atoms with Crippen molar-refractivity contribution in [2.75, 3.05) is 26.0 Å². The lowest BCUT2D eigenvalue weighted by atomic mass is 10.5. The van der Waals surface area contributed by atoms with Crippen molar-refractivity contribution < 1.29 is 0 Å². The van der Waals surface area contributed by atoms with Crippen LogP contribution in [-0.4, -0.2) is 30.7 Å². The highest BCUT2D eigenvalue weighted by atomic mass is 127. The second-order valence-corrected chi connectivity index (χ2v) is 3.80. The lowest BCUT2D eigenvalue weighted by Crippen LogP contribution is -2.25. The first-order valence-electron chi connectivity index (χ1n) is 3.89. The first-order valence-corrected chi connectivity index (χ1v) is 4.69. The van der Waals surface area contributed by atoms with E-state index in [1.54, 1.807) is 7.05 Å². The predicted molar refractivity (Wildman–Crippen MR) is 72.1 cm³/mol. The normalized spacial score (nSPS) is 11.1. The number of halogens is 2. The fourth-order valence-corrected chi connectivity index (χ4v) is 1.78. The molecule has 0 atom stereocenters. The Morgan fingerprint density at radius 2 is 2.07 bits per heavy atom. The number of hydrogen-bond donors (Lipinski definition) is 0. The van der Waals surface area contributed by atoms with Crippen molar-refractivity contribution in [2.45, 2.75) is 0 Å². The zero-order valence-electron chi connectivity index (χ0n) is 8.65. The summed E-state index contributed by atoms with van der Waals surface area (Å²) >= 11 is 3.44. The van der Waals surface area contributed by atoms with Crippen molar-refractivity contribution in [2.24, 2.45) is 12.0 Å². The number of aryl methyl sites for hydroxylation is 1. The molecule has 0 saturated heterocycles. The third kappa shape index (κ3) is 2.94. The van der Waals surface area contributed by atoms with Gasteiger partial charge >= 0.3 is 0 Å². The topological polar surface area (TPSA) is 33.4 Å². The van der Waals surface area contributed by atoms with Gasteiger partial charge in [-0.25, -0.2) is 0 Å². The minimum absolute atomic E-state index is 0. The fraction of sp³-hybridized carbons (Fsp3) is 0.500. The van der Waals surface area contributed by atoms with E-state index in [2.05, 4.69) is 25.9 Å². The van der Waals surface area contributed by atoms with Crippen molar-refractivity contribution >= 4 is 45.7 Å². The molecule has 0 radical (unpaired) electrons. The van der Waals surface area contributed by atoms with Crippen LogP contribution in [0, 0.1) is 0 Å². The van der Waals surface area contributed by atoms with Crippen LogP contribution in [0.2, 0.25) is 0 Å². The van der Waals surface area contributed by atoms with Crippen molar-refractivity contribution in [3.63, 3.8) is 0 Å². The lowest BCUT2D eigenvalue weighted by Gasteiger charge is -2.13. The van der Waals surface area contributed by atoms with Crippen LogP contribution >= 0.6 is 39.9 Å². The SMILES string of the molecule is CN=c1nc(N(C)C)c(Br)cn1C.I. The van der Waals surface area contributed by atoms with E-state index < -0.39 is 0 Å². The van der Waals surface area contributed by atoms with Gasteiger partial charge in [-0.15, -0.1) is 24.0 Å². The van der Waals surface area contributed by atoms with Gasteiger partial charge in [-0.3, -0.25) is 4.99 Å². The maximum atomic E-state index is 4.37. The first kappa shape index (κ1) is 13.9. The van der Waals surface area contributed by atoms with Gasteiger partial charge in [0, 0.05) is 34.4 Å². The van der Waals surface area contributed by atoms with Crippen LogP contribution in [0.25, 0.3) is 0 Å². The first-order chi connectivity index (χ1) is 6.06. The molecule has 1 heterocycles. The predicted octanol–water partition coefficient (Wildman–Crippen LogP) is 1.40. The Morgan fingerprint density at radius 1 is 1.50 bits per heavy atom. The van der Waals surface area contributed by atoms with Gasteiger partial charge in [-0.2, -0.15) is 4.98 Å². The van der Waals surface area contributed by atoms with Crippen LogP contribution in [0.3, 0.4) is 0 Å². The van der Waals surface area contributed by atoms with E-state index >= 15 is 0 Å². The largest absolute Gasteiger partial charge is 0.362 e. The quantitative estimate of drug-likeness (QED) is 0.698. The molecule has 0 fully saturated rings. The van der Waals surface area contributed by atoms with Crippen LogP contribution < -0.4 is 10.5 Å². The summed E-state index contributed by atoms with van der Waals surface area (Å²) < 4.78 is 2.84. The molecule has 0 aliphatic heterocycles. The van der Waals surface area contributed by atoms with Gasteiger partial charge in [0.05, 0.1) is 4.47 Å². The van der Waals surface area contributed by atoms with Crippen molar-refractivity contribution in [3.05, 3.63) is 16.3 Å². The van der Waals surface area contributed by atoms with E-state index in [0.29, 0.717) is 5.62 Å². The van der Waals surface area contributed by atoms with Crippen molar-refractivity contribution in [1.29, 1.82) is 0 Å². The molecule has 80 valence electrons. The molecule has 0 spiro atoms. The Labute approximate surface area is 109 Å². The van der Waals surface area contributed by atoms with Gasteiger partial charge in [0.25, 0.3) is 0 Å². The minimum Gasteiger partial charge on any atom is -0.362 e. The van der Waals surface area contributed by atoms with Crippen molar-refractivity contribution in [1.82, 2.24) is 9.55 Å². The van der Waals surface area contributed by atoms with Gasteiger partial charge in [0.15, 0.2) is 0 Å². The number of hydrogen-bond acceptors (Lipinski definition) is 3. The molecule has 4 nitrogen and oxygen atoms in total. The van der Waals surface area contributed by atoms with Gasteiger partial charge in [-0.1, -0.05) is 0 Å². The number of rotatable bonds is 1. The van der Waals surface area contributed by atoms with Crippen molar-refractivity contribution in [3.8, 4) is 0 Å². The average Bonchev–Trinajstić information content (AvgIpc) is 2.03. The lowest BCUT2D eigenvalue weighted by molar-refractivity contribution is 0.764. The molecule has 0 N–H and O–H groups in total. The molecule has 1 rings (SSSR count). The molecule has 0 unspecified atom stereocenters. The summed E-state index contributed by atoms with van der Waals surface area (Å²) in [6.07, 6.45) is 1.95. The molecule has 0 aromatic carbocycles. The third-order valence-corrected chi connectivity index (χ3v) is 2.22. The molecule has 14 heavy (non-hydrogen) atoms. The summed E-state index contributed by atoms with van der Waals surface area (Å²) in [6.45, 7) is 0. The molecule has 6 heteroatoms. The van der Waals surface area contributed by atoms with E-state index in [1.165, 1.54) is 0 Å². The van der Waals surface area contributed by atoms with Gasteiger partial charge in [0.1, 0.15) is 5.82 Å². The Morgan fingerprint density at radius 3 is 2.50 bits per heavy atom.